The van der Waals surface area contributed by atoms with Gasteiger partial charge in [0.05, 0.1) is 7.11 Å². The summed E-state index contributed by atoms with van der Waals surface area (Å²) in [5.74, 6) is 0.930. The zero-order chi connectivity index (χ0) is 21.5. The number of carbonyl (C=O) groups is 1. The Bertz CT molecular complexity index is 964. The van der Waals surface area contributed by atoms with Gasteiger partial charge in [0, 0.05) is 25.1 Å². The Labute approximate surface area is 182 Å². The molecule has 0 radical (unpaired) electrons. The van der Waals surface area contributed by atoms with Gasteiger partial charge in [0.15, 0.2) is 0 Å². The topological polar surface area (TPSA) is 80.5 Å². The van der Waals surface area contributed by atoms with E-state index in [0.29, 0.717) is 29.6 Å². The number of methoxy groups -OCH3 is 1. The van der Waals surface area contributed by atoms with Crippen LogP contribution >= 0.6 is 0 Å². The number of ether oxygens (including phenoxy) is 1. The molecule has 1 unspecified atom stereocenters. The summed E-state index contributed by atoms with van der Waals surface area (Å²) in [5.41, 5.74) is 1.63. The predicted octanol–water partition coefficient (Wildman–Crippen LogP) is 4.17. The van der Waals surface area contributed by atoms with E-state index >= 15 is 0 Å². The van der Waals surface area contributed by atoms with Crippen molar-refractivity contribution >= 4 is 11.9 Å². The lowest BCUT2D eigenvalue weighted by atomic mass is 10.1. The van der Waals surface area contributed by atoms with E-state index < -0.39 is 6.04 Å². The van der Waals surface area contributed by atoms with E-state index in [1.807, 2.05) is 30.3 Å². The van der Waals surface area contributed by atoms with Crippen molar-refractivity contribution in [3.8, 4) is 5.75 Å². The van der Waals surface area contributed by atoms with Crippen LogP contribution in [-0.2, 0) is 6.42 Å². The van der Waals surface area contributed by atoms with E-state index in [4.69, 9.17) is 9.15 Å². The second kappa shape index (κ2) is 10.1. The Morgan fingerprint density at radius 3 is 2.42 bits per heavy atom. The molecule has 0 saturated carbocycles. The molecule has 7 nitrogen and oxygen atoms in total. The number of nitrogens with one attached hydrogen (secondary N) is 1. The van der Waals surface area contributed by atoms with Crippen LogP contribution in [-0.4, -0.2) is 36.3 Å². The molecular formula is C24H28N4O3. The molecule has 7 heteroatoms. The summed E-state index contributed by atoms with van der Waals surface area (Å²) in [6.45, 7) is 1.84. The minimum atomic E-state index is -0.426. The summed E-state index contributed by atoms with van der Waals surface area (Å²) < 4.78 is 11.2. The van der Waals surface area contributed by atoms with Gasteiger partial charge in [0.2, 0.25) is 5.89 Å². The van der Waals surface area contributed by atoms with E-state index in [1.165, 1.54) is 12.8 Å². The lowest BCUT2D eigenvalue weighted by Gasteiger charge is -2.18. The maximum absolute atomic E-state index is 12.9. The maximum Gasteiger partial charge on any atom is 0.318 e. The van der Waals surface area contributed by atoms with Gasteiger partial charge in [-0.25, -0.2) is 0 Å². The van der Waals surface area contributed by atoms with E-state index in [-0.39, 0.29) is 5.91 Å². The quantitative estimate of drug-likeness (QED) is 0.618. The third kappa shape index (κ3) is 5.42. The average Bonchev–Trinajstić information content (AvgIpc) is 3.15. The summed E-state index contributed by atoms with van der Waals surface area (Å²) in [6.07, 6.45) is 5.27. The molecule has 3 aromatic rings. The smallest absolute Gasteiger partial charge is 0.318 e. The summed E-state index contributed by atoms with van der Waals surface area (Å²) in [6, 6.07) is 17.1. The molecule has 0 aliphatic carbocycles. The van der Waals surface area contributed by atoms with Crippen molar-refractivity contribution in [1.82, 2.24) is 15.5 Å². The molecule has 162 valence electrons. The average molecular weight is 421 g/mol. The number of anilines is 1. The van der Waals surface area contributed by atoms with Gasteiger partial charge in [-0.3, -0.25) is 4.79 Å². The Hall–Kier alpha value is -3.35. The highest BCUT2D eigenvalue weighted by Crippen LogP contribution is 2.24. The van der Waals surface area contributed by atoms with Crippen LogP contribution in [0.3, 0.4) is 0 Å². The van der Waals surface area contributed by atoms with Gasteiger partial charge < -0.3 is 19.4 Å². The number of aromatic nitrogens is 2. The molecule has 1 saturated heterocycles. The van der Waals surface area contributed by atoms with Crippen molar-refractivity contribution < 1.29 is 13.9 Å². The Kier molecular flexibility index (Phi) is 6.82. The Balaban J connectivity index is 1.54. The number of hydrogen-bond acceptors (Lipinski definition) is 6. The summed E-state index contributed by atoms with van der Waals surface area (Å²) in [7, 11) is 1.60. The van der Waals surface area contributed by atoms with Crippen LogP contribution in [0.5, 0.6) is 5.75 Å². The first kappa shape index (κ1) is 20.9. The van der Waals surface area contributed by atoms with Crippen LogP contribution in [0.25, 0.3) is 0 Å². The summed E-state index contributed by atoms with van der Waals surface area (Å²) in [5, 5.41) is 11.7. The minimum absolute atomic E-state index is 0.196. The van der Waals surface area contributed by atoms with Gasteiger partial charge in [0.25, 0.3) is 5.91 Å². The zero-order valence-electron chi connectivity index (χ0n) is 17.8. The molecule has 31 heavy (non-hydrogen) atoms. The van der Waals surface area contributed by atoms with Gasteiger partial charge in [0.1, 0.15) is 11.8 Å². The molecule has 2 heterocycles. The molecule has 1 atom stereocenters. The van der Waals surface area contributed by atoms with Gasteiger partial charge >= 0.3 is 6.01 Å². The number of hydrogen-bond donors (Lipinski definition) is 1. The standard InChI is InChI=1S/C24H28N4O3/c1-30-20-13-11-19(12-14-20)22(29)25-21(17-18-9-5-4-6-10-18)23-26-27-24(31-23)28-15-7-2-3-8-16-28/h4-6,9-14,21H,2-3,7-8,15-17H2,1H3,(H,25,29). The van der Waals surface area contributed by atoms with Gasteiger partial charge in [-0.2, -0.15) is 0 Å². The Morgan fingerprint density at radius 2 is 1.74 bits per heavy atom. The molecular weight excluding hydrogens is 392 g/mol. The third-order valence-electron chi connectivity index (χ3n) is 5.54. The fourth-order valence-electron chi connectivity index (χ4n) is 3.79. The summed E-state index contributed by atoms with van der Waals surface area (Å²) >= 11 is 0. The van der Waals surface area contributed by atoms with Crippen molar-refractivity contribution in [2.75, 3.05) is 25.1 Å². The lowest BCUT2D eigenvalue weighted by molar-refractivity contribution is 0.0930. The number of carbonyl (C=O) groups excluding carboxylic acids is 1. The largest absolute Gasteiger partial charge is 0.497 e. The normalized spacial score (nSPS) is 15.2. The molecule has 1 amide bonds. The highest BCUT2D eigenvalue weighted by Gasteiger charge is 2.24. The monoisotopic (exact) mass is 420 g/mol. The van der Waals surface area contributed by atoms with Crippen molar-refractivity contribution in [1.29, 1.82) is 0 Å². The predicted molar refractivity (Wildman–Crippen MR) is 118 cm³/mol. The second-order valence-corrected chi connectivity index (χ2v) is 7.77. The second-order valence-electron chi connectivity index (χ2n) is 7.77. The molecule has 2 aromatic carbocycles. The first-order valence-electron chi connectivity index (χ1n) is 10.8. The van der Waals surface area contributed by atoms with E-state index in [2.05, 4.69) is 20.4 Å². The molecule has 0 bridgehead atoms. The van der Waals surface area contributed by atoms with Crippen LogP contribution in [0, 0.1) is 0 Å². The molecule has 1 aliphatic rings. The minimum Gasteiger partial charge on any atom is -0.497 e. The van der Waals surface area contributed by atoms with Crippen molar-refractivity contribution in [3.63, 3.8) is 0 Å². The van der Waals surface area contributed by atoms with Crippen LogP contribution in [0.1, 0.15) is 53.5 Å². The number of amides is 1. The first-order chi connectivity index (χ1) is 15.2. The molecule has 1 N–H and O–H groups in total. The fraction of sp³-hybridized carbons (Fsp3) is 0.375. The Morgan fingerprint density at radius 1 is 1.03 bits per heavy atom. The van der Waals surface area contributed by atoms with E-state index in [0.717, 1.165) is 31.5 Å². The third-order valence-corrected chi connectivity index (χ3v) is 5.54. The number of rotatable bonds is 7. The van der Waals surface area contributed by atoms with Gasteiger partial charge in [-0.1, -0.05) is 48.3 Å². The van der Waals surface area contributed by atoms with E-state index in [9.17, 15) is 4.79 Å². The highest BCUT2D eigenvalue weighted by atomic mass is 16.5. The SMILES string of the molecule is COc1ccc(C(=O)NC(Cc2ccccc2)c2nnc(N3CCCCCC3)o2)cc1. The van der Waals surface area contributed by atoms with Gasteiger partial charge in [-0.05, 0) is 42.7 Å². The van der Waals surface area contributed by atoms with Crippen molar-refractivity contribution in [3.05, 3.63) is 71.6 Å². The highest BCUT2D eigenvalue weighted by molar-refractivity contribution is 5.94. The van der Waals surface area contributed by atoms with Gasteiger partial charge in [-0.15, -0.1) is 5.10 Å². The summed E-state index contributed by atoms with van der Waals surface area (Å²) in [4.78, 5) is 15.1. The molecule has 1 fully saturated rings. The molecule has 1 aliphatic heterocycles. The van der Waals surface area contributed by atoms with Crippen LogP contribution in [0.15, 0.2) is 59.0 Å². The van der Waals surface area contributed by atoms with Crippen molar-refractivity contribution in [2.45, 2.75) is 38.1 Å². The number of nitrogens with zero attached hydrogens (tertiary/aromatic N) is 3. The fourth-order valence-corrected chi connectivity index (χ4v) is 3.79. The maximum atomic E-state index is 12.9. The van der Waals surface area contributed by atoms with Crippen LogP contribution in [0.4, 0.5) is 6.01 Å². The number of benzene rings is 2. The molecule has 0 spiro atoms. The lowest BCUT2D eigenvalue weighted by Crippen LogP contribution is -2.30. The molecule has 4 rings (SSSR count). The van der Waals surface area contributed by atoms with Crippen molar-refractivity contribution in [2.24, 2.45) is 0 Å². The van der Waals surface area contributed by atoms with Crippen LogP contribution in [0.2, 0.25) is 0 Å². The van der Waals surface area contributed by atoms with E-state index in [1.54, 1.807) is 31.4 Å². The molecule has 1 aromatic heterocycles. The van der Waals surface area contributed by atoms with Crippen LogP contribution < -0.4 is 15.0 Å². The first-order valence-corrected chi connectivity index (χ1v) is 10.8. The zero-order valence-corrected chi connectivity index (χ0v) is 17.8.